The molecule has 1 N–H and O–H groups in total. The Morgan fingerprint density at radius 1 is 1.30 bits per heavy atom. The van der Waals surface area contributed by atoms with E-state index in [1.54, 1.807) is 17.0 Å². The van der Waals surface area contributed by atoms with Crippen molar-refractivity contribution in [1.29, 1.82) is 0 Å². The van der Waals surface area contributed by atoms with Gasteiger partial charge in [0.1, 0.15) is 23.0 Å². The molecule has 1 saturated heterocycles. The Balaban J connectivity index is 1.50. The third kappa shape index (κ3) is 3.52. The van der Waals surface area contributed by atoms with Crippen molar-refractivity contribution in [1.82, 2.24) is 14.9 Å². The van der Waals surface area contributed by atoms with Crippen LogP contribution in [0, 0.1) is 11.7 Å². The van der Waals surface area contributed by atoms with Gasteiger partial charge in [-0.15, -0.1) is 0 Å². The number of aromatic amines is 1. The Kier molecular flexibility index (Phi) is 4.79. The van der Waals surface area contributed by atoms with Crippen LogP contribution >= 0.6 is 0 Å². The lowest BCUT2D eigenvalue weighted by Crippen LogP contribution is -2.41. The third-order valence-corrected chi connectivity index (χ3v) is 5.14. The lowest BCUT2D eigenvalue weighted by molar-refractivity contribution is 0.0664. The average Bonchev–Trinajstić information content (AvgIpc) is 3.09. The normalized spacial score (nSPS) is 17.3. The second kappa shape index (κ2) is 7.39. The van der Waals surface area contributed by atoms with E-state index in [-0.39, 0.29) is 17.2 Å². The van der Waals surface area contributed by atoms with E-state index in [9.17, 15) is 9.18 Å². The Morgan fingerprint density at radius 3 is 2.96 bits per heavy atom. The number of carbonyl (C=O) groups is 1. The highest BCUT2D eigenvalue weighted by Crippen LogP contribution is 2.27. The molecule has 1 atom stereocenters. The number of imidazole rings is 1. The first-order chi connectivity index (χ1) is 13.2. The van der Waals surface area contributed by atoms with Gasteiger partial charge in [-0.2, -0.15) is 0 Å². The van der Waals surface area contributed by atoms with Gasteiger partial charge < -0.3 is 14.6 Å². The van der Waals surface area contributed by atoms with Crippen molar-refractivity contribution < 1.29 is 13.9 Å². The summed E-state index contributed by atoms with van der Waals surface area (Å²) in [5, 5.41) is 0. The predicted octanol–water partition coefficient (Wildman–Crippen LogP) is 3.81. The van der Waals surface area contributed by atoms with Crippen molar-refractivity contribution in [3.63, 3.8) is 0 Å². The molecule has 0 aliphatic carbocycles. The van der Waals surface area contributed by atoms with Gasteiger partial charge in [0.2, 0.25) is 0 Å². The van der Waals surface area contributed by atoms with E-state index < -0.39 is 5.82 Å². The molecule has 0 spiro atoms. The molecule has 1 fully saturated rings. The number of hydrogen-bond donors (Lipinski definition) is 1. The monoisotopic (exact) mass is 367 g/mol. The van der Waals surface area contributed by atoms with Crippen LogP contribution in [0.3, 0.4) is 0 Å². The number of benzene rings is 2. The molecule has 1 aliphatic heterocycles. The van der Waals surface area contributed by atoms with Gasteiger partial charge in [-0.25, -0.2) is 9.37 Å². The summed E-state index contributed by atoms with van der Waals surface area (Å²) in [4.78, 5) is 22.6. The second-order valence-corrected chi connectivity index (χ2v) is 6.98. The SMILES string of the molecule is COc1cccc(F)c1C(=O)N1CCCC(Cc2nc3ccccc3[nH]2)C1. The average molecular weight is 367 g/mol. The molecule has 27 heavy (non-hydrogen) atoms. The number of carbonyl (C=O) groups excluding carboxylic acids is 1. The molecule has 1 aliphatic rings. The first kappa shape index (κ1) is 17.5. The number of methoxy groups -OCH3 is 1. The van der Waals surface area contributed by atoms with Crippen LogP contribution in [0.4, 0.5) is 4.39 Å². The minimum atomic E-state index is -0.543. The van der Waals surface area contributed by atoms with E-state index in [0.29, 0.717) is 19.0 Å². The van der Waals surface area contributed by atoms with E-state index in [4.69, 9.17) is 4.74 Å². The molecule has 2 aromatic carbocycles. The number of H-pyrrole nitrogens is 1. The Morgan fingerprint density at radius 2 is 2.15 bits per heavy atom. The summed E-state index contributed by atoms with van der Waals surface area (Å²) in [6, 6.07) is 12.4. The highest BCUT2D eigenvalue weighted by atomic mass is 19.1. The number of ether oxygens (including phenoxy) is 1. The summed E-state index contributed by atoms with van der Waals surface area (Å²) in [6.07, 6.45) is 2.69. The molecule has 0 saturated carbocycles. The summed E-state index contributed by atoms with van der Waals surface area (Å²) in [6.45, 7) is 1.22. The topological polar surface area (TPSA) is 58.2 Å². The summed E-state index contributed by atoms with van der Waals surface area (Å²) >= 11 is 0. The first-order valence-electron chi connectivity index (χ1n) is 9.21. The number of hydrogen-bond acceptors (Lipinski definition) is 3. The maximum absolute atomic E-state index is 14.3. The van der Waals surface area contributed by atoms with Crippen LogP contribution in [-0.2, 0) is 6.42 Å². The number of piperidine rings is 1. The zero-order valence-electron chi connectivity index (χ0n) is 15.2. The number of halogens is 1. The molecule has 5 nitrogen and oxygen atoms in total. The summed E-state index contributed by atoms with van der Waals surface area (Å²) in [7, 11) is 1.45. The number of nitrogens with zero attached hydrogens (tertiary/aromatic N) is 2. The molecule has 1 aromatic heterocycles. The van der Waals surface area contributed by atoms with Crippen molar-refractivity contribution in [2.24, 2.45) is 5.92 Å². The smallest absolute Gasteiger partial charge is 0.260 e. The van der Waals surface area contributed by atoms with Gasteiger partial charge in [-0.3, -0.25) is 4.79 Å². The number of fused-ring (bicyclic) bond motifs is 1. The van der Waals surface area contributed by atoms with Gasteiger partial charge in [0.25, 0.3) is 5.91 Å². The van der Waals surface area contributed by atoms with E-state index in [0.717, 1.165) is 36.1 Å². The number of aromatic nitrogens is 2. The minimum Gasteiger partial charge on any atom is -0.496 e. The van der Waals surface area contributed by atoms with Gasteiger partial charge in [0.05, 0.1) is 18.1 Å². The molecule has 1 amide bonds. The van der Waals surface area contributed by atoms with Crippen molar-refractivity contribution in [3.05, 3.63) is 59.7 Å². The largest absolute Gasteiger partial charge is 0.496 e. The van der Waals surface area contributed by atoms with Crippen LogP contribution in [-0.4, -0.2) is 41.0 Å². The molecule has 0 radical (unpaired) electrons. The van der Waals surface area contributed by atoms with Gasteiger partial charge in [0.15, 0.2) is 0 Å². The van der Waals surface area contributed by atoms with Crippen LogP contribution in [0.15, 0.2) is 42.5 Å². The summed E-state index contributed by atoms with van der Waals surface area (Å²) < 4.78 is 19.5. The number of likely N-dealkylation sites (tertiary alicyclic amines) is 1. The van der Waals surface area contributed by atoms with E-state index in [1.165, 1.54) is 13.2 Å². The van der Waals surface area contributed by atoms with E-state index in [2.05, 4.69) is 9.97 Å². The van der Waals surface area contributed by atoms with Crippen LogP contribution in [0.1, 0.15) is 29.0 Å². The minimum absolute atomic E-state index is 0.0180. The van der Waals surface area contributed by atoms with Crippen LogP contribution in [0.5, 0.6) is 5.75 Å². The van der Waals surface area contributed by atoms with Crippen molar-refractivity contribution in [3.8, 4) is 5.75 Å². The van der Waals surface area contributed by atoms with E-state index >= 15 is 0 Å². The Bertz CT molecular complexity index is 936. The van der Waals surface area contributed by atoms with Crippen molar-refractivity contribution >= 4 is 16.9 Å². The molecule has 3 aromatic rings. The van der Waals surface area contributed by atoms with Crippen molar-refractivity contribution in [2.45, 2.75) is 19.3 Å². The maximum Gasteiger partial charge on any atom is 0.260 e. The summed E-state index contributed by atoms with van der Waals surface area (Å²) in [5.74, 6) is 0.650. The Hall–Kier alpha value is -2.89. The fraction of sp³-hybridized carbons (Fsp3) is 0.333. The zero-order valence-corrected chi connectivity index (χ0v) is 15.2. The number of nitrogens with one attached hydrogen (secondary N) is 1. The molecule has 140 valence electrons. The molecule has 0 bridgehead atoms. The third-order valence-electron chi connectivity index (χ3n) is 5.14. The second-order valence-electron chi connectivity index (χ2n) is 6.98. The van der Waals surface area contributed by atoms with Crippen LogP contribution in [0.25, 0.3) is 11.0 Å². The number of para-hydroxylation sites is 2. The maximum atomic E-state index is 14.3. The molecule has 6 heteroatoms. The van der Waals surface area contributed by atoms with E-state index in [1.807, 2.05) is 24.3 Å². The number of amides is 1. The highest BCUT2D eigenvalue weighted by molar-refractivity contribution is 5.97. The highest BCUT2D eigenvalue weighted by Gasteiger charge is 2.28. The molecule has 1 unspecified atom stereocenters. The molecule has 4 rings (SSSR count). The van der Waals surface area contributed by atoms with Gasteiger partial charge in [0, 0.05) is 19.5 Å². The fourth-order valence-corrected chi connectivity index (χ4v) is 3.83. The van der Waals surface area contributed by atoms with Gasteiger partial charge >= 0.3 is 0 Å². The van der Waals surface area contributed by atoms with Gasteiger partial charge in [-0.05, 0) is 43.0 Å². The quantitative estimate of drug-likeness (QED) is 0.763. The van der Waals surface area contributed by atoms with Crippen LogP contribution in [0.2, 0.25) is 0 Å². The molecular formula is C21H22FN3O2. The lowest BCUT2D eigenvalue weighted by Gasteiger charge is -2.33. The standard InChI is InChI=1S/C21H22FN3O2/c1-27-18-10-4-7-15(22)20(18)21(26)25-11-5-6-14(13-25)12-19-23-16-8-2-3-9-17(16)24-19/h2-4,7-10,14H,5-6,11-13H2,1H3,(H,23,24). The lowest BCUT2D eigenvalue weighted by atomic mass is 9.94. The fourth-order valence-electron chi connectivity index (χ4n) is 3.83. The first-order valence-corrected chi connectivity index (χ1v) is 9.21. The van der Waals surface area contributed by atoms with Crippen LogP contribution < -0.4 is 4.74 Å². The predicted molar refractivity (Wildman–Crippen MR) is 101 cm³/mol. The molecule has 2 heterocycles. The zero-order chi connectivity index (χ0) is 18.8. The van der Waals surface area contributed by atoms with Crippen molar-refractivity contribution in [2.75, 3.05) is 20.2 Å². The Labute approximate surface area is 157 Å². The van der Waals surface area contributed by atoms with Gasteiger partial charge in [-0.1, -0.05) is 18.2 Å². The number of rotatable bonds is 4. The summed E-state index contributed by atoms with van der Waals surface area (Å²) in [5.41, 5.74) is 1.99. The molecular weight excluding hydrogens is 345 g/mol.